The van der Waals surface area contributed by atoms with Crippen LogP contribution in [0.3, 0.4) is 0 Å². The molecule has 0 fully saturated rings. The minimum absolute atomic E-state index is 0.0761. The molecule has 0 aliphatic carbocycles. The Morgan fingerprint density at radius 3 is 2.61 bits per heavy atom. The highest BCUT2D eigenvalue weighted by molar-refractivity contribution is 5.99. The van der Waals surface area contributed by atoms with Gasteiger partial charge in [0.2, 0.25) is 5.43 Å². The molecule has 5 heteroatoms. The van der Waals surface area contributed by atoms with E-state index in [4.69, 9.17) is 9.15 Å². The minimum Gasteiger partial charge on any atom is -0.462 e. The maximum atomic E-state index is 13.4. The molecule has 23 heavy (non-hydrogen) atoms. The van der Waals surface area contributed by atoms with Crippen molar-refractivity contribution in [1.82, 2.24) is 0 Å². The van der Waals surface area contributed by atoms with Crippen molar-refractivity contribution in [3.63, 3.8) is 0 Å². The fourth-order valence-corrected chi connectivity index (χ4v) is 2.35. The lowest BCUT2D eigenvalue weighted by Crippen LogP contribution is -2.19. The van der Waals surface area contributed by atoms with E-state index in [0.717, 1.165) is 12.1 Å². The Hall–Kier alpha value is -2.95. The van der Waals surface area contributed by atoms with Crippen LogP contribution in [0.1, 0.15) is 17.3 Å². The first kappa shape index (κ1) is 15.0. The van der Waals surface area contributed by atoms with Gasteiger partial charge in [0, 0.05) is 11.6 Å². The summed E-state index contributed by atoms with van der Waals surface area (Å²) in [6.07, 6.45) is 0. The van der Waals surface area contributed by atoms with E-state index < -0.39 is 17.2 Å². The van der Waals surface area contributed by atoms with Gasteiger partial charge in [0.25, 0.3) is 0 Å². The molecule has 0 saturated carbocycles. The van der Waals surface area contributed by atoms with Crippen LogP contribution >= 0.6 is 0 Å². The molecule has 0 radical (unpaired) electrons. The molecule has 3 rings (SSSR count). The highest BCUT2D eigenvalue weighted by atomic mass is 19.1. The largest absolute Gasteiger partial charge is 0.462 e. The molecule has 2 aromatic carbocycles. The van der Waals surface area contributed by atoms with Gasteiger partial charge in [-0.1, -0.05) is 30.3 Å². The predicted molar refractivity (Wildman–Crippen MR) is 83.8 cm³/mol. The first-order valence-electron chi connectivity index (χ1n) is 7.10. The van der Waals surface area contributed by atoms with Crippen LogP contribution in [-0.2, 0) is 4.74 Å². The number of hydrogen-bond acceptors (Lipinski definition) is 4. The van der Waals surface area contributed by atoms with Crippen LogP contribution in [0.25, 0.3) is 22.3 Å². The number of ether oxygens (including phenoxy) is 1. The summed E-state index contributed by atoms with van der Waals surface area (Å²) in [4.78, 5) is 24.9. The zero-order valence-corrected chi connectivity index (χ0v) is 12.3. The van der Waals surface area contributed by atoms with Crippen LogP contribution in [-0.4, -0.2) is 12.6 Å². The monoisotopic (exact) mass is 312 g/mol. The lowest BCUT2D eigenvalue weighted by molar-refractivity contribution is 0.0524. The third kappa shape index (κ3) is 2.73. The molecular formula is C18H13FO4. The Morgan fingerprint density at radius 2 is 1.91 bits per heavy atom. The van der Waals surface area contributed by atoms with Crippen molar-refractivity contribution in [1.29, 1.82) is 0 Å². The summed E-state index contributed by atoms with van der Waals surface area (Å²) in [6, 6.07) is 12.3. The van der Waals surface area contributed by atoms with Gasteiger partial charge in [0.1, 0.15) is 11.4 Å². The normalized spacial score (nSPS) is 10.7. The van der Waals surface area contributed by atoms with Crippen LogP contribution < -0.4 is 5.43 Å². The van der Waals surface area contributed by atoms with Gasteiger partial charge in [-0.3, -0.25) is 4.79 Å². The summed E-state index contributed by atoms with van der Waals surface area (Å²) >= 11 is 0. The average Bonchev–Trinajstić information content (AvgIpc) is 2.55. The Morgan fingerprint density at radius 1 is 1.17 bits per heavy atom. The van der Waals surface area contributed by atoms with E-state index in [1.165, 1.54) is 6.07 Å². The fraction of sp³-hybridized carbons (Fsp3) is 0.111. The quantitative estimate of drug-likeness (QED) is 0.691. The van der Waals surface area contributed by atoms with Gasteiger partial charge in [0.15, 0.2) is 11.3 Å². The van der Waals surface area contributed by atoms with E-state index >= 15 is 0 Å². The average molecular weight is 312 g/mol. The van der Waals surface area contributed by atoms with E-state index in [9.17, 15) is 14.0 Å². The highest BCUT2D eigenvalue weighted by Crippen LogP contribution is 2.26. The molecule has 0 atom stereocenters. The Labute approximate surface area is 131 Å². The summed E-state index contributed by atoms with van der Waals surface area (Å²) in [5.41, 5.74) is -0.0959. The summed E-state index contributed by atoms with van der Waals surface area (Å²) < 4.78 is 24.1. The van der Waals surface area contributed by atoms with Crippen molar-refractivity contribution in [2.24, 2.45) is 0 Å². The zero-order valence-electron chi connectivity index (χ0n) is 12.3. The fourth-order valence-electron chi connectivity index (χ4n) is 2.35. The van der Waals surface area contributed by atoms with Crippen molar-refractivity contribution < 1.29 is 18.3 Å². The molecule has 3 aromatic rings. The minimum atomic E-state index is -0.758. The van der Waals surface area contributed by atoms with E-state index in [1.807, 2.05) is 0 Å². The SMILES string of the molecule is CCOC(=O)c1c(-c2ccccc2)oc2cc(F)ccc2c1=O. The molecule has 1 heterocycles. The molecule has 0 saturated heterocycles. The molecule has 0 aliphatic heterocycles. The molecule has 1 aromatic heterocycles. The standard InChI is InChI=1S/C18H13FO4/c1-2-22-18(21)15-16(20)13-9-8-12(19)10-14(13)23-17(15)11-6-4-3-5-7-11/h3-10H,2H2,1H3. The van der Waals surface area contributed by atoms with Crippen molar-refractivity contribution in [3.8, 4) is 11.3 Å². The maximum absolute atomic E-state index is 13.4. The zero-order chi connectivity index (χ0) is 16.4. The third-order valence-corrected chi connectivity index (χ3v) is 3.37. The maximum Gasteiger partial charge on any atom is 0.346 e. The highest BCUT2D eigenvalue weighted by Gasteiger charge is 2.23. The summed E-state index contributed by atoms with van der Waals surface area (Å²) in [5.74, 6) is -1.21. The number of esters is 1. The molecule has 4 nitrogen and oxygen atoms in total. The number of halogens is 1. The Bertz CT molecular complexity index is 929. The molecule has 0 aliphatic rings. The smallest absolute Gasteiger partial charge is 0.346 e. The first-order chi connectivity index (χ1) is 11.1. The van der Waals surface area contributed by atoms with Crippen molar-refractivity contribution in [3.05, 3.63) is 70.1 Å². The topological polar surface area (TPSA) is 56.5 Å². The van der Waals surface area contributed by atoms with Crippen LogP contribution in [0.2, 0.25) is 0 Å². The van der Waals surface area contributed by atoms with Crippen LogP contribution in [0.4, 0.5) is 4.39 Å². The second-order valence-electron chi connectivity index (χ2n) is 4.86. The molecule has 0 amide bonds. The lowest BCUT2D eigenvalue weighted by atomic mass is 10.0. The number of benzene rings is 2. The first-order valence-corrected chi connectivity index (χ1v) is 7.10. The number of rotatable bonds is 3. The van der Waals surface area contributed by atoms with Gasteiger partial charge in [0.05, 0.1) is 12.0 Å². The molecule has 0 spiro atoms. The number of carbonyl (C=O) groups is 1. The molecule has 0 bridgehead atoms. The van der Waals surface area contributed by atoms with Crippen molar-refractivity contribution in [2.45, 2.75) is 6.92 Å². The van der Waals surface area contributed by atoms with Crippen molar-refractivity contribution >= 4 is 16.9 Å². The van der Waals surface area contributed by atoms with Gasteiger partial charge in [-0.05, 0) is 19.1 Å². The van der Waals surface area contributed by atoms with Crippen LogP contribution in [0.15, 0.2) is 57.7 Å². The number of fused-ring (bicyclic) bond motifs is 1. The van der Waals surface area contributed by atoms with E-state index in [1.54, 1.807) is 37.3 Å². The second-order valence-corrected chi connectivity index (χ2v) is 4.86. The third-order valence-electron chi connectivity index (χ3n) is 3.37. The lowest BCUT2D eigenvalue weighted by Gasteiger charge is -2.09. The number of hydrogen-bond donors (Lipinski definition) is 0. The Balaban J connectivity index is 2.37. The summed E-state index contributed by atoms with van der Waals surface area (Å²) in [7, 11) is 0. The van der Waals surface area contributed by atoms with E-state index in [-0.39, 0.29) is 28.9 Å². The predicted octanol–water partition coefficient (Wildman–Crippen LogP) is 3.78. The van der Waals surface area contributed by atoms with Gasteiger partial charge >= 0.3 is 5.97 Å². The molecular weight excluding hydrogens is 299 g/mol. The molecule has 0 N–H and O–H groups in total. The number of carbonyl (C=O) groups excluding carboxylic acids is 1. The van der Waals surface area contributed by atoms with Crippen molar-refractivity contribution in [2.75, 3.05) is 6.61 Å². The van der Waals surface area contributed by atoms with E-state index in [2.05, 4.69) is 0 Å². The van der Waals surface area contributed by atoms with E-state index in [0.29, 0.717) is 5.56 Å². The van der Waals surface area contributed by atoms with Gasteiger partial charge in [-0.2, -0.15) is 0 Å². The second kappa shape index (κ2) is 6.04. The van der Waals surface area contributed by atoms with Gasteiger partial charge in [-0.25, -0.2) is 9.18 Å². The summed E-state index contributed by atoms with van der Waals surface area (Å²) in [5, 5.41) is 0.133. The summed E-state index contributed by atoms with van der Waals surface area (Å²) in [6.45, 7) is 1.78. The van der Waals surface area contributed by atoms with Gasteiger partial charge < -0.3 is 9.15 Å². The van der Waals surface area contributed by atoms with Crippen LogP contribution in [0, 0.1) is 5.82 Å². The van der Waals surface area contributed by atoms with Gasteiger partial charge in [-0.15, -0.1) is 0 Å². The van der Waals surface area contributed by atoms with Crippen LogP contribution in [0.5, 0.6) is 0 Å². The molecule has 0 unspecified atom stereocenters. The molecule has 116 valence electrons. The Kier molecular flexibility index (Phi) is 3.93.